The van der Waals surface area contributed by atoms with Gasteiger partial charge in [-0.2, -0.15) is 0 Å². The first kappa shape index (κ1) is 15.5. The van der Waals surface area contributed by atoms with Gasteiger partial charge in [-0.15, -0.1) is 0 Å². The molecule has 0 aromatic heterocycles. The minimum Gasteiger partial charge on any atom is -0.326 e. The van der Waals surface area contributed by atoms with Crippen LogP contribution < -0.4 is 15.5 Å². The van der Waals surface area contributed by atoms with Crippen molar-refractivity contribution in [2.45, 2.75) is 39.7 Å². The second kappa shape index (κ2) is 6.72. The molecule has 5 nitrogen and oxygen atoms in total. The summed E-state index contributed by atoms with van der Waals surface area (Å²) in [6.45, 7) is 7.08. The highest BCUT2D eigenvalue weighted by atomic mass is 16.2. The van der Waals surface area contributed by atoms with Crippen LogP contribution in [0.15, 0.2) is 18.2 Å². The molecule has 5 heteroatoms. The van der Waals surface area contributed by atoms with E-state index in [-0.39, 0.29) is 11.8 Å². The smallest absolute Gasteiger partial charge is 0.225 e. The lowest BCUT2D eigenvalue weighted by molar-refractivity contribution is -0.117. The topological polar surface area (TPSA) is 61.4 Å². The van der Waals surface area contributed by atoms with Crippen molar-refractivity contribution >= 4 is 23.2 Å². The molecule has 1 aromatic rings. The number of hydrogen-bond donors (Lipinski definition) is 2. The van der Waals surface area contributed by atoms with Crippen molar-refractivity contribution in [3.8, 4) is 0 Å². The number of amides is 2. The maximum absolute atomic E-state index is 11.9. The molecule has 21 heavy (non-hydrogen) atoms. The van der Waals surface area contributed by atoms with Gasteiger partial charge in [0.1, 0.15) is 0 Å². The van der Waals surface area contributed by atoms with Crippen LogP contribution in [0.1, 0.15) is 32.8 Å². The Bertz CT molecular complexity index is 540. The summed E-state index contributed by atoms with van der Waals surface area (Å²) in [6.07, 6.45) is 1.29. The minimum atomic E-state index is 0.00419. The molecule has 0 unspecified atom stereocenters. The highest BCUT2D eigenvalue weighted by Gasteiger charge is 2.22. The number of fused-ring (bicyclic) bond motifs is 1. The summed E-state index contributed by atoms with van der Waals surface area (Å²) in [5.41, 5.74) is 2.87. The minimum absolute atomic E-state index is 0.00419. The zero-order valence-corrected chi connectivity index (χ0v) is 12.9. The largest absolute Gasteiger partial charge is 0.326 e. The molecule has 0 radical (unpaired) electrons. The predicted octanol–water partition coefficient (Wildman–Crippen LogP) is 1.92. The number of hydrogen-bond acceptors (Lipinski definition) is 3. The number of rotatable bonds is 5. The third kappa shape index (κ3) is 4.04. The summed E-state index contributed by atoms with van der Waals surface area (Å²) < 4.78 is 0. The van der Waals surface area contributed by atoms with Gasteiger partial charge in [-0.05, 0) is 30.2 Å². The Morgan fingerprint density at radius 1 is 1.33 bits per heavy atom. The fraction of sp³-hybridized carbons (Fsp3) is 0.500. The van der Waals surface area contributed by atoms with Gasteiger partial charge < -0.3 is 15.5 Å². The molecule has 0 bridgehead atoms. The van der Waals surface area contributed by atoms with Gasteiger partial charge in [0.15, 0.2) is 0 Å². The normalized spacial score (nSPS) is 13.4. The van der Waals surface area contributed by atoms with E-state index in [1.807, 2.05) is 18.2 Å². The van der Waals surface area contributed by atoms with E-state index in [1.165, 1.54) is 0 Å². The van der Waals surface area contributed by atoms with Crippen LogP contribution in [-0.2, 0) is 16.0 Å². The molecule has 2 N–H and O–H groups in total. The first-order valence-corrected chi connectivity index (χ1v) is 7.41. The van der Waals surface area contributed by atoms with Gasteiger partial charge >= 0.3 is 0 Å². The Morgan fingerprint density at radius 2 is 2.10 bits per heavy atom. The monoisotopic (exact) mass is 289 g/mol. The quantitative estimate of drug-likeness (QED) is 0.870. The van der Waals surface area contributed by atoms with Crippen LogP contribution in [0.5, 0.6) is 0 Å². The van der Waals surface area contributed by atoms with Crippen molar-refractivity contribution in [2.75, 3.05) is 23.3 Å². The van der Waals surface area contributed by atoms with E-state index >= 15 is 0 Å². The number of anilines is 2. The number of nitrogens with one attached hydrogen (secondary N) is 2. The fourth-order valence-corrected chi connectivity index (χ4v) is 2.50. The van der Waals surface area contributed by atoms with Crippen molar-refractivity contribution in [3.63, 3.8) is 0 Å². The summed E-state index contributed by atoms with van der Waals surface area (Å²) in [5.74, 6) is 0.0646. The van der Waals surface area contributed by atoms with Crippen molar-refractivity contribution in [2.24, 2.45) is 0 Å². The predicted molar refractivity (Wildman–Crippen MR) is 84.6 cm³/mol. The molecule has 0 saturated carbocycles. The lowest BCUT2D eigenvalue weighted by Gasteiger charge is -2.15. The highest BCUT2D eigenvalue weighted by molar-refractivity contribution is 5.95. The molecular weight excluding hydrogens is 266 g/mol. The summed E-state index contributed by atoms with van der Waals surface area (Å²) in [6, 6.07) is 6.11. The van der Waals surface area contributed by atoms with Gasteiger partial charge in [-0.25, -0.2) is 0 Å². The molecule has 0 saturated heterocycles. The van der Waals surface area contributed by atoms with Crippen molar-refractivity contribution in [1.82, 2.24) is 5.32 Å². The molecule has 1 aliphatic heterocycles. The van der Waals surface area contributed by atoms with Crippen molar-refractivity contribution in [1.29, 1.82) is 0 Å². The van der Waals surface area contributed by atoms with Crippen LogP contribution in [0.4, 0.5) is 11.4 Å². The summed E-state index contributed by atoms with van der Waals surface area (Å²) in [5, 5.41) is 6.12. The highest BCUT2D eigenvalue weighted by Crippen LogP contribution is 2.30. The SMILES string of the molecule is CC(=O)N1CCc2cc(NC(=O)CCNC(C)C)ccc21. The van der Waals surface area contributed by atoms with Crippen molar-refractivity contribution < 1.29 is 9.59 Å². The molecule has 0 aliphatic carbocycles. The third-order valence-corrected chi connectivity index (χ3v) is 3.54. The Morgan fingerprint density at radius 3 is 2.76 bits per heavy atom. The van der Waals surface area contributed by atoms with E-state index in [0.717, 1.165) is 29.9 Å². The van der Waals surface area contributed by atoms with Crippen LogP contribution in [0.2, 0.25) is 0 Å². The second-order valence-electron chi connectivity index (χ2n) is 5.67. The average Bonchev–Trinajstić information content (AvgIpc) is 2.81. The molecule has 0 atom stereocenters. The average molecular weight is 289 g/mol. The Kier molecular flexibility index (Phi) is 4.96. The van der Waals surface area contributed by atoms with E-state index < -0.39 is 0 Å². The van der Waals surface area contributed by atoms with Crippen molar-refractivity contribution in [3.05, 3.63) is 23.8 Å². The summed E-state index contributed by atoms with van der Waals surface area (Å²) in [7, 11) is 0. The van der Waals surface area contributed by atoms with Gasteiger partial charge in [0.25, 0.3) is 0 Å². The lowest BCUT2D eigenvalue weighted by atomic mass is 10.1. The molecule has 2 rings (SSSR count). The van der Waals surface area contributed by atoms with Crippen LogP contribution in [0.25, 0.3) is 0 Å². The van der Waals surface area contributed by atoms with Gasteiger partial charge in [-0.1, -0.05) is 13.8 Å². The molecule has 1 aliphatic rings. The zero-order chi connectivity index (χ0) is 15.4. The zero-order valence-electron chi connectivity index (χ0n) is 12.9. The molecule has 2 amide bonds. The maximum Gasteiger partial charge on any atom is 0.225 e. The molecule has 1 heterocycles. The van der Waals surface area contributed by atoms with Gasteiger partial charge in [0, 0.05) is 43.9 Å². The van der Waals surface area contributed by atoms with Crippen LogP contribution >= 0.6 is 0 Å². The van der Waals surface area contributed by atoms with Gasteiger partial charge in [-0.3, -0.25) is 9.59 Å². The van der Waals surface area contributed by atoms with E-state index in [4.69, 9.17) is 0 Å². The van der Waals surface area contributed by atoms with Crippen LogP contribution in [-0.4, -0.2) is 30.9 Å². The number of benzene rings is 1. The summed E-state index contributed by atoms with van der Waals surface area (Å²) in [4.78, 5) is 25.1. The fourth-order valence-electron chi connectivity index (χ4n) is 2.50. The lowest BCUT2D eigenvalue weighted by Crippen LogP contribution is -2.27. The molecule has 0 spiro atoms. The molecular formula is C16H23N3O2. The van der Waals surface area contributed by atoms with E-state index in [2.05, 4.69) is 24.5 Å². The van der Waals surface area contributed by atoms with Crippen LogP contribution in [0.3, 0.4) is 0 Å². The van der Waals surface area contributed by atoms with Crippen LogP contribution in [0, 0.1) is 0 Å². The number of nitrogens with zero attached hydrogens (tertiary/aromatic N) is 1. The first-order valence-electron chi connectivity index (χ1n) is 7.41. The molecule has 0 fully saturated rings. The third-order valence-electron chi connectivity index (χ3n) is 3.54. The molecule has 1 aromatic carbocycles. The Hall–Kier alpha value is -1.88. The van der Waals surface area contributed by atoms with Gasteiger partial charge in [0.2, 0.25) is 11.8 Å². The van der Waals surface area contributed by atoms with E-state index in [9.17, 15) is 9.59 Å². The van der Waals surface area contributed by atoms with E-state index in [0.29, 0.717) is 19.0 Å². The first-order chi connectivity index (χ1) is 9.97. The Balaban J connectivity index is 1.94. The second-order valence-corrected chi connectivity index (χ2v) is 5.67. The summed E-state index contributed by atoms with van der Waals surface area (Å²) >= 11 is 0. The molecule has 114 valence electrons. The standard InChI is InChI=1S/C16H23N3O2/c1-11(2)17-8-6-16(21)18-14-4-5-15-13(10-14)7-9-19(15)12(3)20/h4-5,10-11,17H,6-9H2,1-3H3,(H,18,21). The number of carbonyl (C=O) groups excluding carboxylic acids is 2. The van der Waals surface area contributed by atoms with E-state index in [1.54, 1.807) is 11.8 Å². The van der Waals surface area contributed by atoms with Gasteiger partial charge in [0.05, 0.1) is 0 Å². The Labute approximate surface area is 125 Å². The maximum atomic E-state index is 11.9. The number of carbonyl (C=O) groups is 2.